The van der Waals surface area contributed by atoms with E-state index in [9.17, 15) is 9.59 Å². The van der Waals surface area contributed by atoms with Crippen molar-refractivity contribution in [2.75, 3.05) is 5.32 Å². The summed E-state index contributed by atoms with van der Waals surface area (Å²) in [4.78, 5) is 29.6. The zero-order valence-electron chi connectivity index (χ0n) is 15.0. The summed E-state index contributed by atoms with van der Waals surface area (Å²) in [6.45, 7) is 1.94. The Morgan fingerprint density at radius 3 is 2.75 bits per heavy atom. The molecule has 0 saturated carbocycles. The number of anilines is 1. The van der Waals surface area contributed by atoms with Gasteiger partial charge in [-0.25, -0.2) is 4.98 Å². The molecule has 1 amide bonds. The molecule has 0 fully saturated rings. The smallest absolute Gasteiger partial charge is 0.271 e. The van der Waals surface area contributed by atoms with Crippen LogP contribution in [0.2, 0.25) is 0 Å². The molecule has 0 aliphatic carbocycles. The molecule has 2 heterocycles. The van der Waals surface area contributed by atoms with Crippen LogP contribution in [0.3, 0.4) is 0 Å². The first-order valence-corrected chi connectivity index (χ1v) is 10.3. The van der Waals surface area contributed by atoms with Gasteiger partial charge >= 0.3 is 0 Å². The van der Waals surface area contributed by atoms with Gasteiger partial charge in [0, 0.05) is 21.1 Å². The lowest BCUT2D eigenvalue weighted by Crippen LogP contribution is -2.27. The Morgan fingerprint density at radius 2 is 2.00 bits per heavy atom. The number of amides is 1. The number of hydrogen-bond donors (Lipinski definition) is 1. The first-order valence-electron chi connectivity index (χ1n) is 8.60. The van der Waals surface area contributed by atoms with E-state index in [0.717, 1.165) is 15.6 Å². The van der Waals surface area contributed by atoms with Crippen LogP contribution < -0.4 is 10.9 Å². The van der Waals surface area contributed by atoms with E-state index >= 15 is 0 Å². The molecule has 2 aromatic carbocycles. The average molecular weight is 454 g/mol. The van der Waals surface area contributed by atoms with Crippen molar-refractivity contribution >= 4 is 49.1 Å². The van der Waals surface area contributed by atoms with Gasteiger partial charge in [-0.1, -0.05) is 51.8 Å². The quantitative estimate of drug-likeness (QED) is 0.480. The number of thiophene rings is 1. The fraction of sp³-hybridized carbons (Fsp3) is 0.0952. The largest absolute Gasteiger partial charge is 0.324 e. The van der Waals surface area contributed by atoms with Crippen molar-refractivity contribution < 1.29 is 4.79 Å². The van der Waals surface area contributed by atoms with Gasteiger partial charge in [-0.15, -0.1) is 11.3 Å². The third kappa shape index (κ3) is 3.76. The molecule has 0 aliphatic heterocycles. The number of halogens is 1. The van der Waals surface area contributed by atoms with Crippen molar-refractivity contribution in [1.82, 2.24) is 9.55 Å². The number of hydrogen-bond acceptors (Lipinski definition) is 4. The van der Waals surface area contributed by atoms with Crippen LogP contribution in [-0.2, 0) is 11.3 Å². The third-order valence-corrected chi connectivity index (χ3v) is 5.78. The van der Waals surface area contributed by atoms with Crippen molar-refractivity contribution in [2.45, 2.75) is 13.5 Å². The van der Waals surface area contributed by atoms with Gasteiger partial charge in [-0.05, 0) is 30.7 Å². The first kappa shape index (κ1) is 18.6. The fourth-order valence-electron chi connectivity index (χ4n) is 2.91. The van der Waals surface area contributed by atoms with Crippen molar-refractivity contribution in [1.29, 1.82) is 0 Å². The van der Waals surface area contributed by atoms with Crippen LogP contribution in [0.15, 0.2) is 69.5 Å². The van der Waals surface area contributed by atoms with Crippen molar-refractivity contribution in [2.24, 2.45) is 0 Å². The van der Waals surface area contributed by atoms with Gasteiger partial charge in [0.15, 0.2) is 0 Å². The predicted octanol–water partition coefficient (Wildman–Crippen LogP) is 4.83. The first-order chi connectivity index (χ1) is 13.5. The monoisotopic (exact) mass is 453 g/mol. The Hall–Kier alpha value is -2.77. The van der Waals surface area contributed by atoms with E-state index < -0.39 is 0 Å². The second kappa shape index (κ2) is 7.69. The van der Waals surface area contributed by atoms with Crippen LogP contribution in [0.5, 0.6) is 0 Å². The number of benzene rings is 2. The van der Waals surface area contributed by atoms with Crippen LogP contribution in [0.4, 0.5) is 5.69 Å². The van der Waals surface area contributed by atoms with E-state index in [4.69, 9.17) is 0 Å². The number of nitrogens with zero attached hydrogens (tertiary/aromatic N) is 2. The highest BCUT2D eigenvalue weighted by atomic mass is 79.9. The SMILES string of the molecule is Cc1ccc(-c2csc3c(=O)n(CC(=O)Nc4cccc(Br)c4)cnc23)cc1. The van der Waals surface area contributed by atoms with E-state index in [-0.39, 0.29) is 18.0 Å². The minimum atomic E-state index is -0.281. The predicted molar refractivity (Wildman–Crippen MR) is 117 cm³/mol. The summed E-state index contributed by atoms with van der Waals surface area (Å²) in [7, 11) is 0. The Labute approximate surface area is 173 Å². The van der Waals surface area contributed by atoms with Crippen LogP contribution >= 0.6 is 27.3 Å². The molecule has 0 aliphatic rings. The molecular weight excluding hydrogens is 438 g/mol. The summed E-state index contributed by atoms with van der Waals surface area (Å²) >= 11 is 4.72. The summed E-state index contributed by atoms with van der Waals surface area (Å²) in [5, 5.41) is 4.73. The van der Waals surface area contributed by atoms with Gasteiger partial charge in [0.25, 0.3) is 5.56 Å². The molecule has 0 bridgehead atoms. The van der Waals surface area contributed by atoms with Gasteiger partial charge in [-0.2, -0.15) is 0 Å². The van der Waals surface area contributed by atoms with Crippen LogP contribution in [-0.4, -0.2) is 15.5 Å². The minimum absolute atomic E-state index is 0.0912. The molecule has 4 rings (SSSR count). The van der Waals surface area contributed by atoms with E-state index in [1.54, 1.807) is 12.1 Å². The van der Waals surface area contributed by atoms with Crippen LogP contribution in [0.25, 0.3) is 21.3 Å². The number of nitrogens with one attached hydrogen (secondary N) is 1. The van der Waals surface area contributed by atoms with Crippen molar-refractivity contribution in [3.8, 4) is 11.1 Å². The van der Waals surface area contributed by atoms with Gasteiger partial charge in [-0.3, -0.25) is 14.2 Å². The molecule has 0 unspecified atom stereocenters. The Morgan fingerprint density at radius 1 is 1.21 bits per heavy atom. The molecule has 0 radical (unpaired) electrons. The molecule has 5 nitrogen and oxygen atoms in total. The highest BCUT2D eigenvalue weighted by Gasteiger charge is 2.14. The molecule has 0 spiro atoms. The Kier molecular flexibility index (Phi) is 5.11. The number of carbonyl (C=O) groups is 1. The summed E-state index contributed by atoms with van der Waals surface area (Å²) in [5.41, 5.74) is 4.26. The Balaban J connectivity index is 1.61. The van der Waals surface area contributed by atoms with E-state index in [2.05, 4.69) is 26.2 Å². The number of aryl methyl sites for hydroxylation is 1. The number of aromatic nitrogens is 2. The van der Waals surface area contributed by atoms with Crippen LogP contribution in [0.1, 0.15) is 5.56 Å². The molecule has 140 valence electrons. The minimum Gasteiger partial charge on any atom is -0.324 e. The molecule has 0 atom stereocenters. The van der Waals surface area contributed by atoms with Gasteiger partial charge < -0.3 is 5.32 Å². The second-order valence-corrected chi connectivity index (χ2v) is 8.22. The molecule has 0 saturated heterocycles. The zero-order chi connectivity index (χ0) is 19.7. The average Bonchev–Trinajstić information content (AvgIpc) is 3.09. The van der Waals surface area contributed by atoms with E-state index in [0.29, 0.717) is 15.9 Å². The van der Waals surface area contributed by atoms with Gasteiger partial charge in [0.2, 0.25) is 5.91 Å². The number of carbonyl (C=O) groups excluding carboxylic acids is 1. The summed E-state index contributed by atoms with van der Waals surface area (Å²) in [6, 6.07) is 15.4. The van der Waals surface area contributed by atoms with Crippen molar-refractivity contribution in [3.05, 3.63) is 80.6 Å². The molecule has 7 heteroatoms. The summed E-state index contributed by atoms with van der Waals surface area (Å²) in [5.74, 6) is -0.281. The van der Waals surface area contributed by atoms with Crippen molar-refractivity contribution in [3.63, 3.8) is 0 Å². The highest BCUT2D eigenvalue weighted by molar-refractivity contribution is 9.10. The maximum Gasteiger partial charge on any atom is 0.271 e. The van der Waals surface area contributed by atoms with Gasteiger partial charge in [0.05, 0.1) is 11.8 Å². The normalized spacial score (nSPS) is 10.9. The number of fused-ring (bicyclic) bond motifs is 1. The van der Waals surface area contributed by atoms with Crippen LogP contribution in [0, 0.1) is 6.92 Å². The summed E-state index contributed by atoms with van der Waals surface area (Å²) in [6.07, 6.45) is 1.44. The fourth-order valence-corrected chi connectivity index (χ4v) is 4.29. The maximum absolute atomic E-state index is 12.8. The Bertz CT molecular complexity index is 1230. The molecule has 28 heavy (non-hydrogen) atoms. The molecule has 1 N–H and O–H groups in total. The lowest BCUT2D eigenvalue weighted by Gasteiger charge is -2.08. The van der Waals surface area contributed by atoms with Gasteiger partial charge in [0.1, 0.15) is 11.2 Å². The molecular formula is C21H16BrN3O2S. The number of rotatable bonds is 4. The van der Waals surface area contributed by atoms with E-state index in [1.807, 2.05) is 48.7 Å². The summed E-state index contributed by atoms with van der Waals surface area (Å²) < 4.78 is 2.76. The molecule has 2 aromatic heterocycles. The second-order valence-electron chi connectivity index (χ2n) is 6.43. The maximum atomic E-state index is 12.8. The topological polar surface area (TPSA) is 64.0 Å². The molecule has 4 aromatic rings. The van der Waals surface area contributed by atoms with E-state index in [1.165, 1.54) is 27.8 Å². The third-order valence-electron chi connectivity index (χ3n) is 4.33. The highest BCUT2D eigenvalue weighted by Crippen LogP contribution is 2.30. The standard InChI is InChI=1S/C21H16BrN3O2S/c1-13-5-7-14(8-6-13)17-11-28-20-19(17)23-12-25(21(20)27)10-18(26)24-16-4-2-3-15(22)9-16/h2-9,11-12H,10H2,1H3,(H,24,26). The zero-order valence-corrected chi connectivity index (χ0v) is 17.4. The lowest BCUT2D eigenvalue weighted by atomic mass is 10.1. The lowest BCUT2D eigenvalue weighted by molar-refractivity contribution is -0.116.